The average molecular weight is 357 g/mol. The van der Waals surface area contributed by atoms with E-state index in [1.54, 1.807) is 4.57 Å². The van der Waals surface area contributed by atoms with Gasteiger partial charge in [0.15, 0.2) is 0 Å². The number of aromatic nitrogens is 2. The van der Waals surface area contributed by atoms with Crippen LogP contribution in [0.1, 0.15) is 29.2 Å². The molecule has 0 saturated carbocycles. The Labute approximate surface area is 147 Å². The zero-order valence-electron chi connectivity index (χ0n) is 13.9. The molecular formula is C19H17F2N3O2. The Bertz CT molecular complexity index is 1010. The van der Waals surface area contributed by atoms with Crippen LogP contribution in [0.15, 0.2) is 47.3 Å². The second-order valence-electron chi connectivity index (χ2n) is 6.44. The lowest BCUT2D eigenvalue weighted by atomic mass is 10.0. The number of carbonyl (C=O) groups is 1. The van der Waals surface area contributed by atoms with Crippen LogP contribution in [0.2, 0.25) is 0 Å². The fourth-order valence-corrected chi connectivity index (χ4v) is 3.62. The molecule has 1 fully saturated rings. The molecule has 1 aliphatic rings. The van der Waals surface area contributed by atoms with Gasteiger partial charge in [0.2, 0.25) is 0 Å². The van der Waals surface area contributed by atoms with E-state index >= 15 is 0 Å². The van der Waals surface area contributed by atoms with Crippen molar-refractivity contribution in [1.82, 2.24) is 14.5 Å². The highest BCUT2D eigenvalue weighted by atomic mass is 19.1. The normalized spacial score (nSPS) is 15.5. The lowest BCUT2D eigenvalue weighted by Gasteiger charge is -2.32. The van der Waals surface area contributed by atoms with E-state index in [1.165, 1.54) is 11.0 Å². The molecule has 0 spiro atoms. The minimum Gasteiger partial charge on any atom is -0.338 e. The minimum atomic E-state index is -0.857. The first-order valence-electron chi connectivity index (χ1n) is 8.49. The second kappa shape index (κ2) is 6.40. The van der Waals surface area contributed by atoms with E-state index in [2.05, 4.69) is 4.98 Å². The molecule has 2 heterocycles. The summed E-state index contributed by atoms with van der Waals surface area (Å²) < 4.78 is 29.4. The molecule has 1 N–H and O–H groups in total. The Hall–Kier alpha value is -2.96. The highest BCUT2D eigenvalue weighted by Gasteiger charge is 2.29. The number of benzene rings is 2. The molecule has 1 aliphatic heterocycles. The summed E-state index contributed by atoms with van der Waals surface area (Å²) in [5, 5.41) is 0. The number of para-hydroxylation sites is 2. The van der Waals surface area contributed by atoms with Crippen molar-refractivity contribution in [2.75, 3.05) is 13.1 Å². The predicted octanol–water partition coefficient (Wildman–Crippen LogP) is 3.09. The summed E-state index contributed by atoms with van der Waals surface area (Å²) in [7, 11) is 0. The topological polar surface area (TPSA) is 58.1 Å². The maximum absolute atomic E-state index is 13.8. The number of hydrogen-bond acceptors (Lipinski definition) is 2. The first-order valence-corrected chi connectivity index (χ1v) is 8.49. The van der Waals surface area contributed by atoms with E-state index in [9.17, 15) is 18.4 Å². The van der Waals surface area contributed by atoms with E-state index in [1.807, 2.05) is 24.3 Å². The summed E-state index contributed by atoms with van der Waals surface area (Å²) in [5.74, 6) is -2.36. The van der Waals surface area contributed by atoms with Crippen LogP contribution in [0.5, 0.6) is 0 Å². The van der Waals surface area contributed by atoms with Crippen LogP contribution in [0.4, 0.5) is 8.78 Å². The van der Waals surface area contributed by atoms with E-state index in [0.29, 0.717) is 25.9 Å². The molecule has 0 unspecified atom stereocenters. The monoisotopic (exact) mass is 357 g/mol. The number of halogens is 2. The third-order valence-electron chi connectivity index (χ3n) is 4.92. The average Bonchev–Trinajstić information content (AvgIpc) is 2.97. The molecule has 1 saturated heterocycles. The highest BCUT2D eigenvalue weighted by Crippen LogP contribution is 2.26. The zero-order valence-corrected chi connectivity index (χ0v) is 13.9. The minimum absolute atomic E-state index is 0.0619. The van der Waals surface area contributed by atoms with E-state index < -0.39 is 23.1 Å². The smallest absolute Gasteiger partial charge is 0.326 e. The molecule has 5 nitrogen and oxygen atoms in total. The number of nitrogens with one attached hydrogen (secondary N) is 1. The Balaban J connectivity index is 1.55. The van der Waals surface area contributed by atoms with Crippen molar-refractivity contribution in [1.29, 1.82) is 0 Å². The van der Waals surface area contributed by atoms with Gasteiger partial charge in [-0.15, -0.1) is 0 Å². The van der Waals surface area contributed by atoms with Crippen LogP contribution in [0, 0.1) is 11.6 Å². The van der Waals surface area contributed by atoms with Gasteiger partial charge in [0.05, 0.1) is 11.0 Å². The number of amides is 1. The van der Waals surface area contributed by atoms with Gasteiger partial charge in [0.25, 0.3) is 5.91 Å². The van der Waals surface area contributed by atoms with E-state index in [0.717, 1.165) is 23.2 Å². The summed E-state index contributed by atoms with van der Waals surface area (Å²) >= 11 is 0. The number of rotatable bonds is 2. The van der Waals surface area contributed by atoms with Gasteiger partial charge in [0, 0.05) is 19.1 Å². The van der Waals surface area contributed by atoms with Crippen molar-refractivity contribution < 1.29 is 13.6 Å². The number of aromatic amines is 1. The maximum Gasteiger partial charge on any atom is 0.326 e. The number of H-pyrrole nitrogens is 1. The van der Waals surface area contributed by atoms with Crippen molar-refractivity contribution in [3.8, 4) is 0 Å². The summed E-state index contributed by atoms with van der Waals surface area (Å²) in [6.07, 6.45) is 1.09. The van der Waals surface area contributed by atoms with Crippen LogP contribution < -0.4 is 5.69 Å². The molecule has 26 heavy (non-hydrogen) atoms. The maximum atomic E-state index is 13.8. The molecule has 0 atom stereocenters. The van der Waals surface area contributed by atoms with Crippen LogP contribution in [0.3, 0.4) is 0 Å². The lowest BCUT2D eigenvalue weighted by Crippen LogP contribution is -2.41. The zero-order chi connectivity index (χ0) is 18.3. The van der Waals surface area contributed by atoms with E-state index in [-0.39, 0.29) is 11.7 Å². The molecular weight excluding hydrogens is 340 g/mol. The third kappa shape index (κ3) is 2.69. The van der Waals surface area contributed by atoms with Crippen molar-refractivity contribution in [3.05, 3.63) is 70.1 Å². The van der Waals surface area contributed by atoms with Gasteiger partial charge < -0.3 is 9.88 Å². The number of carbonyl (C=O) groups excluding carboxylic acids is 1. The standard InChI is InChI=1S/C19H17F2N3O2/c20-13-4-3-5-14(21)17(13)18(25)23-10-8-12(9-11-23)24-16-7-2-1-6-15(16)22-19(24)26/h1-7,12H,8-11H2,(H,22,26). The van der Waals surface area contributed by atoms with Crippen LogP contribution in [0.25, 0.3) is 11.0 Å². The van der Waals surface area contributed by atoms with Gasteiger partial charge >= 0.3 is 5.69 Å². The molecule has 1 aromatic heterocycles. The molecule has 134 valence electrons. The molecule has 2 aromatic carbocycles. The number of imidazole rings is 1. The predicted molar refractivity (Wildman–Crippen MR) is 93.1 cm³/mol. The van der Waals surface area contributed by atoms with Crippen LogP contribution in [-0.4, -0.2) is 33.4 Å². The molecule has 1 amide bonds. The Morgan fingerprint density at radius 1 is 1.00 bits per heavy atom. The largest absolute Gasteiger partial charge is 0.338 e. The molecule has 0 bridgehead atoms. The Morgan fingerprint density at radius 3 is 2.35 bits per heavy atom. The molecule has 0 radical (unpaired) electrons. The summed E-state index contributed by atoms with van der Waals surface area (Å²) in [5.41, 5.74) is 0.887. The number of piperidine rings is 1. The van der Waals surface area contributed by atoms with Crippen LogP contribution in [-0.2, 0) is 0 Å². The SMILES string of the molecule is O=C(c1c(F)cccc1F)N1CCC(n2c(=O)[nH]c3ccccc32)CC1. The summed E-state index contributed by atoms with van der Waals surface area (Å²) in [6, 6.07) is 10.8. The van der Waals surface area contributed by atoms with Crippen molar-refractivity contribution in [2.45, 2.75) is 18.9 Å². The van der Waals surface area contributed by atoms with Gasteiger partial charge in [-0.05, 0) is 37.1 Å². The first-order chi connectivity index (χ1) is 12.6. The second-order valence-corrected chi connectivity index (χ2v) is 6.44. The highest BCUT2D eigenvalue weighted by molar-refractivity contribution is 5.94. The number of nitrogens with zero attached hydrogens (tertiary/aromatic N) is 2. The molecule has 4 rings (SSSR count). The van der Waals surface area contributed by atoms with Gasteiger partial charge in [-0.25, -0.2) is 13.6 Å². The molecule has 7 heteroatoms. The lowest BCUT2D eigenvalue weighted by molar-refractivity contribution is 0.0685. The molecule has 0 aliphatic carbocycles. The number of hydrogen-bond donors (Lipinski definition) is 1. The summed E-state index contributed by atoms with van der Waals surface area (Å²) in [4.78, 5) is 29.0. The fraction of sp³-hybridized carbons (Fsp3) is 0.263. The quantitative estimate of drug-likeness (QED) is 0.766. The van der Waals surface area contributed by atoms with Crippen molar-refractivity contribution >= 4 is 16.9 Å². The number of fused-ring (bicyclic) bond motifs is 1. The van der Waals surface area contributed by atoms with Gasteiger partial charge in [-0.1, -0.05) is 18.2 Å². The van der Waals surface area contributed by atoms with Gasteiger partial charge in [0.1, 0.15) is 17.2 Å². The van der Waals surface area contributed by atoms with Crippen LogP contribution >= 0.6 is 0 Å². The fourth-order valence-electron chi connectivity index (χ4n) is 3.62. The van der Waals surface area contributed by atoms with Gasteiger partial charge in [-0.3, -0.25) is 9.36 Å². The molecule has 3 aromatic rings. The first kappa shape index (κ1) is 16.5. The Morgan fingerprint density at radius 2 is 1.65 bits per heavy atom. The van der Waals surface area contributed by atoms with Crippen molar-refractivity contribution in [2.24, 2.45) is 0 Å². The number of likely N-dealkylation sites (tertiary alicyclic amines) is 1. The van der Waals surface area contributed by atoms with Crippen molar-refractivity contribution in [3.63, 3.8) is 0 Å². The van der Waals surface area contributed by atoms with E-state index in [4.69, 9.17) is 0 Å². The third-order valence-corrected chi connectivity index (χ3v) is 4.92. The Kier molecular flexibility index (Phi) is 4.06. The summed E-state index contributed by atoms with van der Waals surface area (Å²) in [6.45, 7) is 0.673. The van der Waals surface area contributed by atoms with Gasteiger partial charge in [-0.2, -0.15) is 0 Å².